The van der Waals surface area contributed by atoms with Crippen LogP contribution in [-0.2, 0) is 0 Å². The molecule has 10 aromatic carbocycles. The molecule has 0 saturated heterocycles. The highest BCUT2D eigenvalue weighted by Gasteiger charge is 2.34. The molecule has 0 N–H and O–H groups in total. The van der Waals surface area contributed by atoms with Crippen molar-refractivity contribution in [3.05, 3.63) is 258 Å². The van der Waals surface area contributed by atoms with Gasteiger partial charge < -0.3 is 4.57 Å². The number of nitrogens with zero attached hydrogens (tertiary/aromatic N) is 1. The Hall–Kier alpha value is -7.74. The van der Waals surface area contributed by atoms with Crippen LogP contribution >= 0.6 is 0 Å². The molecule has 0 aliphatic heterocycles. The Kier molecular flexibility index (Phi) is 7.50. The van der Waals surface area contributed by atoms with Gasteiger partial charge in [0.15, 0.2) is 0 Å². The van der Waals surface area contributed by atoms with Gasteiger partial charge in [0.05, 0.1) is 11.0 Å². The summed E-state index contributed by atoms with van der Waals surface area (Å²) in [4.78, 5) is 0. The van der Waals surface area contributed by atoms with E-state index in [0.29, 0.717) is 0 Å². The van der Waals surface area contributed by atoms with Gasteiger partial charge in [0.1, 0.15) is 0 Å². The third-order valence-electron chi connectivity index (χ3n) is 13.6. The fourth-order valence-electron chi connectivity index (χ4n) is 10.8. The van der Waals surface area contributed by atoms with Crippen molar-refractivity contribution < 1.29 is 0 Å². The first-order valence-electron chi connectivity index (χ1n) is 21.4. The minimum atomic E-state index is 0.128. The lowest BCUT2D eigenvalue weighted by Gasteiger charge is -2.16. The summed E-state index contributed by atoms with van der Waals surface area (Å²) in [6.45, 7) is 0. The number of rotatable bonds is 5. The van der Waals surface area contributed by atoms with E-state index >= 15 is 0 Å². The minimum absolute atomic E-state index is 0.128. The highest BCUT2D eigenvalue weighted by atomic mass is 15.0. The summed E-state index contributed by atoms with van der Waals surface area (Å²) in [5, 5.41) is 5.17. The summed E-state index contributed by atoms with van der Waals surface area (Å²) in [5.41, 5.74) is 22.0. The van der Waals surface area contributed by atoms with Gasteiger partial charge in [-0.3, -0.25) is 0 Å². The molecule has 2 unspecified atom stereocenters. The maximum atomic E-state index is 2.49. The molecule has 0 fully saturated rings. The van der Waals surface area contributed by atoms with E-state index in [9.17, 15) is 0 Å². The van der Waals surface area contributed by atoms with Crippen LogP contribution in [0.25, 0.3) is 82.8 Å². The van der Waals surface area contributed by atoms with Crippen molar-refractivity contribution in [3.8, 4) is 50.2 Å². The van der Waals surface area contributed by atoms with E-state index in [4.69, 9.17) is 0 Å². The van der Waals surface area contributed by atoms with Crippen molar-refractivity contribution in [1.29, 1.82) is 0 Å². The lowest BCUT2D eigenvalue weighted by Crippen LogP contribution is -2.00. The summed E-state index contributed by atoms with van der Waals surface area (Å²) in [7, 11) is 0. The van der Waals surface area contributed by atoms with Gasteiger partial charge in [0, 0.05) is 28.3 Å². The van der Waals surface area contributed by atoms with E-state index in [2.05, 4.69) is 229 Å². The molecule has 0 amide bonds. The van der Waals surface area contributed by atoms with Crippen LogP contribution in [0.1, 0.15) is 45.2 Å². The average Bonchev–Trinajstić information content (AvgIpc) is 3.97. The maximum Gasteiger partial charge on any atom is 0.0544 e. The molecule has 284 valence electrons. The molecular weight excluding hydrogens is 735 g/mol. The topological polar surface area (TPSA) is 4.93 Å². The van der Waals surface area contributed by atoms with Crippen LogP contribution < -0.4 is 0 Å². The highest BCUT2D eigenvalue weighted by Crippen LogP contribution is 2.54. The zero-order valence-electron chi connectivity index (χ0n) is 33.5. The van der Waals surface area contributed by atoms with Crippen molar-refractivity contribution in [2.75, 3.05) is 0 Å². The normalized spacial score (nSPS) is 14.9. The molecule has 2 aliphatic carbocycles. The first-order valence-corrected chi connectivity index (χ1v) is 21.4. The second-order valence-corrected chi connectivity index (χ2v) is 16.8. The molecule has 61 heavy (non-hydrogen) atoms. The van der Waals surface area contributed by atoms with Gasteiger partial charge in [0.2, 0.25) is 0 Å². The quantitative estimate of drug-likeness (QED) is 0.164. The molecule has 1 aromatic heterocycles. The third kappa shape index (κ3) is 5.20. The summed E-state index contributed by atoms with van der Waals surface area (Å²) in [6, 6.07) is 83.7. The Labute approximate surface area is 355 Å². The van der Waals surface area contributed by atoms with Crippen molar-refractivity contribution in [1.82, 2.24) is 4.57 Å². The second-order valence-electron chi connectivity index (χ2n) is 16.8. The van der Waals surface area contributed by atoms with E-state index in [1.165, 1.54) is 110 Å². The Morgan fingerprint density at radius 3 is 1.70 bits per heavy atom. The second kappa shape index (κ2) is 13.4. The van der Waals surface area contributed by atoms with Crippen LogP contribution in [0.2, 0.25) is 0 Å². The SMILES string of the molecule is c1ccc(-c2ccc(-n3c4ccc(-c5ccc6c(c5)-c5ccccc5C6c5ccc6ccccc6c5)cc4c4c5c(ccc43)-c3ccccc3C5c3ccccc3)cc2)cc1. The zero-order valence-corrected chi connectivity index (χ0v) is 33.5. The predicted molar refractivity (Wildman–Crippen MR) is 255 cm³/mol. The molecule has 2 aliphatic rings. The maximum absolute atomic E-state index is 2.49. The lowest BCUT2D eigenvalue weighted by atomic mass is 9.86. The minimum Gasteiger partial charge on any atom is -0.309 e. The van der Waals surface area contributed by atoms with Crippen molar-refractivity contribution in [3.63, 3.8) is 0 Å². The molecule has 1 heterocycles. The van der Waals surface area contributed by atoms with Gasteiger partial charge in [-0.2, -0.15) is 0 Å². The van der Waals surface area contributed by atoms with Crippen LogP contribution in [0, 0.1) is 0 Å². The van der Waals surface area contributed by atoms with E-state index in [1.807, 2.05) is 0 Å². The Balaban J connectivity index is 1.02. The number of fused-ring (bicyclic) bond motifs is 11. The van der Waals surface area contributed by atoms with Crippen molar-refractivity contribution in [2.45, 2.75) is 11.8 Å². The van der Waals surface area contributed by atoms with Gasteiger partial charge in [0.25, 0.3) is 0 Å². The standard InChI is InChI=1S/C60H39N/c1-3-13-38(14-4-1)40-25-29-46(30-26-40)61-55-33-28-44(37-54(55)59-56(61)34-32-51-47-19-9-12-22-50(47)58(60(51)59)41-16-5-2-6-17-41)43-27-31-52-53(36-43)48-20-10-11-21-49(48)57(52)45-24-23-39-15-7-8-18-42(39)35-45/h1-37,57-58H. The fourth-order valence-corrected chi connectivity index (χ4v) is 10.8. The molecule has 1 heteroatoms. The average molecular weight is 774 g/mol. The molecule has 0 saturated carbocycles. The summed E-state index contributed by atoms with van der Waals surface area (Å²) >= 11 is 0. The van der Waals surface area contributed by atoms with E-state index < -0.39 is 0 Å². The molecule has 1 nitrogen and oxygen atoms in total. The molecule has 11 aromatic rings. The van der Waals surface area contributed by atoms with E-state index in [1.54, 1.807) is 0 Å². The zero-order chi connectivity index (χ0) is 40.0. The third-order valence-corrected chi connectivity index (χ3v) is 13.6. The van der Waals surface area contributed by atoms with Crippen molar-refractivity contribution in [2.24, 2.45) is 0 Å². The van der Waals surface area contributed by atoms with E-state index in [0.717, 1.165) is 5.69 Å². The van der Waals surface area contributed by atoms with Crippen LogP contribution in [0.5, 0.6) is 0 Å². The van der Waals surface area contributed by atoms with Gasteiger partial charge in [-0.15, -0.1) is 0 Å². The van der Waals surface area contributed by atoms with Crippen molar-refractivity contribution >= 4 is 32.6 Å². The Bertz CT molecular complexity index is 3520. The molecule has 13 rings (SSSR count). The van der Waals surface area contributed by atoms with Crippen LogP contribution in [0.3, 0.4) is 0 Å². The van der Waals surface area contributed by atoms with E-state index in [-0.39, 0.29) is 11.8 Å². The van der Waals surface area contributed by atoms with Gasteiger partial charge in [-0.05, 0) is 125 Å². The van der Waals surface area contributed by atoms with Crippen LogP contribution in [-0.4, -0.2) is 4.57 Å². The first kappa shape index (κ1) is 34.2. The molecule has 2 atom stereocenters. The largest absolute Gasteiger partial charge is 0.309 e. The monoisotopic (exact) mass is 773 g/mol. The molecule has 0 radical (unpaired) electrons. The number of hydrogen-bond acceptors (Lipinski definition) is 0. The number of benzene rings is 10. The number of aromatic nitrogens is 1. The number of hydrogen-bond donors (Lipinski definition) is 0. The predicted octanol–water partition coefficient (Wildman–Crippen LogP) is 15.6. The first-order chi connectivity index (χ1) is 30.3. The Morgan fingerprint density at radius 2 is 0.902 bits per heavy atom. The smallest absolute Gasteiger partial charge is 0.0544 e. The van der Waals surface area contributed by atoms with Crippen LogP contribution in [0.15, 0.2) is 224 Å². The Morgan fingerprint density at radius 1 is 0.311 bits per heavy atom. The molecular formula is C60H39N. The summed E-state index contributed by atoms with van der Waals surface area (Å²) in [6.07, 6.45) is 0. The van der Waals surface area contributed by atoms with Gasteiger partial charge >= 0.3 is 0 Å². The van der Waals surface area contributed by atoms with Gasteiger partial charge in [-0.25, -0.2) is 0 Å². The molecule has 0 spiro atoms. The fraction of sp³-hybridized carbons (Fsp3) is 0.0333. The summed E-state index contributed by atoms with van der Waals surface area (Å²) in [5.74, 6) is 0.320. The summed E-state index contributed by atoms with van der Waals surface area (Å²) < 4.78 is 2.49. The van der Waals surface area contributed by atoms with Gasteiger partial charge in [-0.1, -0.05) is 188 Å². The lowest BCUT2D eigenvalue weighted by molar-refractivity contribution is 1.02. The molecule has 0 bridgehead atoms. The highest BCUT2D eigenvalue weighted by molar-refractivity contribution is 6.15. The van der Waals surface area contributed by atoms with Crippen LogP contribution in [0.4, 0.5) is 0 Å².